The van der Waals surface area contributed by atoms with Crippen LogP contribution in [-0.4, -0.2) is 36.8 Å². The molecule has 1 fully saturated rings. The highest BCUT2D eigenvalue weighted by molar-refractivity contribution is 5.21. The molecule has 0 amide bonds. The Kier molecular flexibility index (Phi) is 5.11. The number of ether oxygens (including phenoxy) is 1. The van der Waals surface area contributed by atoms with Gasteiger partial charge in [0.2, 0.25) is 0 Å². The quantitative estimate of drug-likeness (QED) is 0.824. The second-order valence-corrected chi connectivity index (χ2v) is 5.05. The van der Waals surface area contributed by atoms with Crippen molar-refractivity contribution >= 4 is 0 Å². The number of morpholine rings is 1. The molecule has 1 aliphatic rings. The molecule has 1 aromatic rings. The molecule has 0 spiro atoms. The van der Waals surface area contributed by atoms with E-state index in [1.54, 1.807) is 0 Å². The lowest BCUT2D eigenvalue weighted by Gasteiger charge is -2.26. The third-order valence-corrected chi connectivity index (χ3v) is 3.42. The molecule has 0 radical (unpaired) electrons. The number of nitrogens with one attached hydrogen (secondary N) is 2. The van der Waals surface area contributed by atoms with Crippen molar-refractivity contribution in [3.63, 3.8) is 0 Å². The number of nitrogens with zero attached hydrogens (tertiary/aromatic N) is 1. The summed E-state index contributed by atoms with van der Waals surface area (Å²) >= 11 is 0. The smallest absolute Gasteiger partial charge is 0.0620 e. The molecule has 4 heteroatoms. The van der Waals surface area contributed by atoms with E-state index < -0.39 is 0 Å². The van der Waals surface area contributed by atoms with Gasteiger partial charge in [-0.25, -0.2) is 0 Å². The van der Waals surface area contributed by atoms with Crippen molar-refractivity contribution < 1.29 is 4.74 Å². The lowest BCUT2D eigenvalue weighted by atomic mass is 10.1. The first kappa shape index (κ1) is 13.5. The molecule has 4 nitrogen and oxygen atoms in total. The Morgan fingerprint density at radius 1 is 1.61 bits per heavy atom. The van der Waals surface area contributed by atoms with Crippen LogP contribution < -0.4 is 10.6 Å². The van der Waals surface area contributed by atoms with Gasteiger partial charge in [-0.3, -0.25) is 4.98 Å². The van der Waals surface area contributed by atoms with Crippen LogP contribution in [0.3, 0.4) is 0 Å². The summed E-state index contributed by atoms with van der Waals surface area (Å²) in [5, 5.41) is 7.03. The van der Waals surface area contributed by atoms with Gasteiger partial charge in [-0.2, -0.15) is 0 Å². The van der Waals surface area contributed by atoms with Crippen LogP contribution in [0.25, 0.3) is 0 Å². The SMILES string of the molecule is Cc1ccncc1CNC(C)CC1COCCN1. The maximum absolute atomic E-state index is 5.46. The average Bonchev–Trinajstić information content (AvgIpc) is 2.39. The van der Waals surface area contributed by atoms with E-state index in [9.17, 15) is 0 Å². The largest absolute Gasteiger partial charge is 0.379 e. The molecule has 2 N–H and O–H groups in total. The summed E-state index contributed by atoms with van der Waals surface area (Å²) in [6.07, 6.45) is 4.88. The molecule has 0 saturated carbocycles. The van der Waals surface area contributed by atoms with Gasteiger partial charge in [0.25, 0.3) is 0 Å². The lowest BCUT2D eigenvalue weighted by molar-refractivity contribution is 0.0712. The normalized spacial score (nSPS) is 21.8. The van der Waals surface area contributed by atoms with Crippen LogP contribution in [0.2, 0.25) is 0 Å². The molecule has 18 heavy (non-hydrogen) atoms. The van der Waals surface area contributed by atoms with Gasteiger partial charge in [0.1, 0.15) is 0 Å². The second kappa shape index (κ2) is 6.83. The Balaban J connectivity index is 1.74. The molecule has 0 aromatic carbocycles. The van der Waals surface area contributed by atoms with E-state index in [1.807, 2.05) is 12.4 Å². The van der Waals surface area contributed by atoms with Crippen LogP contribution in [0.15, 0.2) is 18.5 Å². The summed E-state index contributed by atoms with van der Waals surface area (Å²) < 4.78 is 5.46. The minimum absolute atomic E-state index is 0.476. The van der Waals surface area contributed by atoms with Crippen LogP contribution in [0.4, 0.5) is 0 Å². The summed E-state index contributed by atoms with van der Waals surface area (Å²) in [6.45, 7) is 7.88. The summed E-state index contributed by atoms with van der Waals surface area (Å²) in [6, 6.07) is 3.01. The monoisotopic (exact) mass is 249 g/mol. The van der Waals surface area contributed by atoms with Gasteiger partial charge in [-0.05, 0) is 37.5 Å². The van der Waals surface area contributed by atoms with Gasteiger partial charge in [0.05, 0.1) is 13.2 Å². The fourth-order valence-electron chi connectivity index (χ4n) is 2.25. The molecule has 2 unspecified atom stereocenters. The maximum Gasteiger partial charge on any atom is 0.0620 e. The predicted octanol–water partition coefficient (Wildman–Crippen LogP) is 1.25. The van der Waals surface area contributed by atoms with E-state index in [0.717, 1.165) is 32.7 Å². The van der Waals surface area contributed by atoms with Crippen molar-refractivity contribution in [2.45, 2.75) is 38.9 Å². The Labute approximate surface area is 109 Å². The molecule has 2 atom stereocenters. The minimum Gasteiger partial charge on any atom is -0.379 e. The van der Waals surface area contributed by atoms with Crippen LogP contribution >= 0.6 is 0 Å². The van der Waals surface area contributed by atoms with E-state index in [2.05, 4.69) is 35.5 Å². The number of hydrogen-bond donors (Lipinski definition) is 2. The van der Waals surface area contributed by atoms with E-state index in [4.69, 9.17) is 4.74 Å². The van der Waals surface area contributed by atoms with Crippen LogP contribution in [0.1, 0.15) is 24.5 Å². The van der Waals surface area contributed by atoms with Crippen molar-refractivity contribution in [3.05, 3.63) is 29.6 Å². The van der Waals surface area contributed by atoms with Crippen LogP contribution in [-0.2, 0) is 11.3 Å². The first-order chi connectivity index (χ1) is 8.75. The zero-order valence-electron chi connectivity index (χ0n) is 11.3. The molecular weight excluding hydrogens is 226 g/mol. The van der Waals surface area contributed by atoms with Crippen molar-refractivity contribution in [2.24, 2.45) is 0 Å². The van der Waals surface area contributed by atoms with Crippen molar-refractivity contribution in [1.29, 1.82) is 0 Å². The fraction of sp³-hybridized carbons (Fsp3) is 0.643. The highest BCUT2D eigenvalue weighted by Gasteiger charge is 2.15. The van der Waals surface area contributed by atoms with Gasteiger partial charge < -0.3 is 15.4 Å². The second-order valence-electron chi connectivity index (χ2n) is 5.05. The first-order valence-corrected chi connectivity index (χ1v) is 6.69. The Morgan fingerprint density at radius 2 is 2.50 bits per heavy atom. The maximum atomic E-state index is 5.46. The van der Waals surface area contributed by atoms with Gasteiger partial charge in [-0.15, -0.1) is 0 Å². The number of hydrogen-bond acceptors (Lipinski definition) is 4. The van der Waals surface area contributed by atoms with Crippen LogP contribution in [0.5, 0.6) is 0 Å². The first-order valence-electron chi connectivity index (χ1n) is 6.69. The molecule has 2 heterocycles. The van der Waals surface area contributed by atoms with Crippen molar-refractivity contribution in [3.8, 4) is 0 Å². The van der Waals surface area contributed by atoms with Gasteiger partial charge >= 0.3 is 0 Å². The molecule has 1 aromatic heterocycles. The number of aryl methyl sites for hydroxylation is 1. The molecule has 2 rings (SSSR count). The highest BCUT2D eigenvalue weighted by atomic mass is 16.5. The highest BCUT2D eigenvalue weighted by Crippen LogP contribution is 2.07. The fourth-order valence-corrected chi connectivity index (χ4v) is 2.25. The van der Waals surface area contributed by atoms with Crippen LogP contribution in [0, 0.1) is 6.92 Å². The summed E-state index contributed by atoms with van der Waals surface area (Å²) in [7, 11) is 0. The number of rotatable bonds is 5. The standard InChI is InChI=1S/C14H23N3O/c1-11-3-4-15-8-13(11)9-17-12(2)7-14-10-18-6-5-16-14/h3-4,8,12,14,16-17H,5-7,9-10H2,1-2H3. The summed E-state index contributed by atoms with van der Waals surface area (Å²) in [5.74, 6) is 0. The van der Waals surface area contributed by atoms with Crippen molar-refractivity contribution in [1.82, 2.24) is 15.6 Å². The zero-order valence-corrected chi connectivity index (χ0v) is 11.3. The van der Waals surface area contributed by atoms with E-state index in [-0.39, 0.29) is 0 Å². The summed E-state index contributed by atoms with van der Waals surface area (Å²) in [4.78, 5) is 4.17. The average molecular weight is 249 g/mol. The molecule has 0 bridgehead atoms. The Hall–Kier alpha value is -0.970. The van der Waals surface area contributed by atoms with Crippen molar-refractivity contribution in [2.75, 3.05) is 19.8 Å². The third kappa shape index (κ3) is 4.05. The molecule has 100 valence electrons. The Bertz CT molecular complexity index is 364. The topological polar surface area (TPSA) is 46.2 Å². The lowest BCUT2D eigenvalue weighted by Crippen LogP contribution is -2.44. The minimum atomic E-state index is 0.476. The molecule has 1 saturated heterocycles. The van der Waals surface area contributed by atoms with Gasteiger partial charge in [0, 0.05) is 37.6 Å². The molecular formula is C14H23N3O. The van der Waals surface area contributed by atoms with E-state index in [1.165, 1.54) is 11.1 Å². The molecule has 1 aliphatic heterocycles. The van der Waals surface area contributed by atoms with Gasteiger partial charge in [0.15, 0.2) is 0 Å². The number of pyridine rings is 1. The molecule has 0 aliphatic carbocycles. The number of aromatic nitrogens is 1. The summed E-state index contributed by atoms with van der Waals surface area (Å²) in [5.41, 5.74) is 2.57. The Morgan fingerprint density at radius 3 is 3.22 bits per heavy atom. The predicted molar refractivity (Wildman–Crippen MR) is 72.5 cm³/mol. The van der Waals surface area contributed by atoms with E-state index in [0.29, 0.717) is 12.1 Å². The van der Waals surface area contributed by atoms with E-state index >= 15 is 0 Å². The van der Waals surface area contributed by atoms with Gasteiger partial charge in [-0.1, -0.05) is 0 Å². The third-order valence-electron chi connectivity index (χ3n) is 3.42. The zero-order chi connectivity index (χ0) is 12.8.